The summed E-state index contributed by atoms with van der Waals surface area (Å²) in [4.78, 5) is 23.9. The van der Waals surface area contributed by atoms with Gasteiger partial charge in [-0.2, -0.15) is 0 Å². The molecular weight excluding hydrogens is 394 g/mol. The number of carbonyl (C=O) groups excluding carboxylic acids is 2. The molecule has 1 amide bonds. The molecule has 1 N–H and O–H groups in total. The maximum absolute atomic E-state index is 12.0. The fourth-order valence-electron chi connectivity index (χ4n) is 2.78. The van der Waals surface area contributed by atoms with Crippen LogP contribution in [0.2, 0.25) is 5.02 Å². The lowest BCUT2D eigenvalue weighted by Gasteiger charge is -2.17. The summed E-state index contributed by atoms with van der Waals surface area (Å²) in [6, 6.07) is 12.5. The lowest BCUT2D eigenvalue weighted by molar-refractivity contribution is -0.148. The summed E-state index contributed by atoms with van der Waals surface area (Å²) in [5.74, 6) is 0.604. The van der Waals surface area contributed by atoms with Crippen molar-refractivity contribution in [2.75, 3.05) is 20.3 Å². The summed E-state index contributed by atoms with van der Waals surface area (Å²) < 4.78 is 16.0. The molecule has 0 aliphatic heterocycles. The van der Waals surface area contributed by atoms with Crippen LogP contribution in [0.1, 0.15) is 36.9 Å². The molecule has 0 bridgehead atoms. The molecule has 0 aliphatic carbocycles. The summed E-state index contributed by atoms with van der Waals surface area (Å²) in [7, 11) is 1.58. The smallest absolute Gasteiger partial charge is 0.306 e. The van der Waals surface area contributed by atoms with Crippen molar-refractivity contribution >= 4 is 23.5 Å². The van der Waals surface area contributed by atoms with Crippen LogP contribution in [-0.2, 0) is 14.3 Å². The molecule has 7 heteroatoms. The van der Waals surface area contributed by atoms with Crippen LogP contribution < -0.4 is 14.8 Å². The number of benzene rings is 2. The Bertz CT molecular complexity index is 840. The molecule has 29 heavy (non-hydrogen) atoms. The van der Waals surface area contributed by atoms with Gasteiger partial charge < -0.3 is 19.5 Å². The molecule has 0 radical (unpaired) electrons. The fraction of sp³-hybridized carbons (Fsp3) is 0.364. The SMILES string of the molecule is COc1ccccc1C(C)NC(=O)COC(=O)CCCOc1ccc(Cl)cc1C. The first-order valence-corrected chi connectivity index (χ1v) is 9.75. The Morgan fingerprint density at radius 2 is 1.90 bits per heavy atom. The zero-order valence-corrected chi connectivity index (χ0v) is 17.6. The first kappa shape index (κ1) is 22.6. The number of methoxy groups -OCH3 is 1. The summed E-state index contributed by atoms with van der Waals surface area (Å²) in [5, 5.41) is 3.44. The maximum atomic E-state index is 12.0. The number of carbonyl (C=O) groups is 2. The molecule has 0 spiro atoms. The predicted octanol–water partition coefficient (Wildman–Crippen LogP) is 4.24. The third kappa shape index (κ3) is 7.31. The number of hydrogen-bond acceptors (Lipinski definition) is 5. The van der Waals surface area contributed by atoms with Gasteiger partial charge in [0.15, 0.2) is 6.61 Å². The monoisotopic (exact) mass is 419 g/mol. The minimum absolute atomic E-state index is 0.169. The van der Waals surface area contributed by atoms with Gasteiger partial charge in [-0.15, -0.1) is 0 Å². The second-order valence-corrected chi connectivity index (χ2v) is 6.99. The quantitative estimate of drug-likeness (QED) is 0.460. The molecule has 2 rings (SSSR count). The van der Waals surface area contributed by atoms with Crippen molar-refractivity contribution in [3.05, 3.63) is 58.6 Å². The third-order valence-corrected chi connectivity index (χ3v) is 4.50. The molecule has 1 unspecified atom stereocenters. The van der Waals surface area contributed by atoms with Crippen molar-refractivity contribution in [3.8, 4) is 11.5 Å². The Morgan fingerprint density at radius 1 is 1.14 bits per heavy atom. The lowest BCUT2D eigenvalue weighted by atomic mass is 10.1. The van der Waals surface area contributed by atoms with Crippen LogP contribution in [0.5, 0.6) is 11.5 Å². The van der Waals surface area contributed by atoms with Crippen molar-refractivity contribution in [2.45, 2.75) is 32.7 Å². The van der Waals surface area contributed by atoms with Gasteiger partial charge in [-0.3, -0.25) is 9.59 Å². The Kier molecular flexibility index (Phi) is 8.80. The largest absolute Gasteiger partial charge is 0.496 e. The minimum atomic E-state index is -0.443. The molecule has 1 atom stereocenters. The van der Waals surface area contributed by atoms with Gasteiger partial charge >= 0.3 is 5.97 Å². The van der Waals surface area contributed by atoms with Crippen molar-refractivity contribution in [1.29, 1.82) is 0 Å². The zero-order chi connectivity index (χ0) is 21.2. The van der Waals surface area contributed by atoms with Gasteiger partial charge in [0.2, 0.25) is 0 Å². The van der Waals surface area contributed by atoms with Gasteiger partial charge in [0.05, 0.1) is 19.8 Å². The van der Waals surface area contributed by atoms with Gasteiger partial charge in [0.25, 0.3) is 5.91 Å². The summed E-state index contributed by atoms with van der Waals surface area (Å²) in [5.41, 5.74) is 1.78. The van der Waals surface area contributed by atoms with Gasteiger partial charge in [-0.25, -0.2) is 0 Å². The fourth-order valence-corrected chi connectivity index (χ4v) is 3.00. The summed E-state index contributed by atoms with van der Waals surface area (Å²) in [6.07, 6.45) is 0.655. The average molecular weight is 420 g/mol. The molecule has 2 aromatic carbocycles. The number of aryl methyl sites for hydroxylation is 1. The number of hydrogen-bond donors (Lipinski definition) is 1. The van der Waals surface area contributed by atoms with Crippen molar-refractivity contribution < 1.29 is 23.8 Å². The van der Waals surface area contributed by atoms with E-state index in [1.165, 1.54) is 0 Å². The number of nitrogens with one attached hydrogen (secondary N) is 1. The topological polar surface area (TPSA) is 73.9 Å². The molecule has 0 aromatic heterocycles. The van der Waals surface area contributed by atoms with Gasteiger partial charge in [-0.05, 0) is 50.1 Å². The number of ether oxygens (including phenoxy) is 3. The minimum Gasteiger partial charge on any atom is -0.496 e. The highest BCUT2D eigenvalue weighted by Gasteiger charge is 2.15. The highest BCUT2D eigenvalue weighted by atomic mass is 35.5. The van der Waals surface area contributed by atoms with Crippen molar-refractivity contribution in [3.63, 3.8) is 0 Å². The van der Waals surface area contributed by atoms with E-state index in [2.05, 4.69) is 5.32 Å². The van der Waals surface area contributed by atoms with E-state index in [0.717, 1.165) is 16.9 Å². The van der Waals surface area contributed by atoms with E-state index in [1.54, 1.807) is 19.2 Å². The molecular formula is C22H26ClNO5. The summed E-state index contributed by atoms with van der Waals surface area (Å²) >= 11 is 5.91. The van der Waals surface area contributed by atoms with Crippen LogP contribution in [0, 0.1) is 6.92 Å². The molecule has 0 saturated carbocycles. The summed E-state index contributed by atoms with van der Waals surface area (Å²) in [6.45, 7) is 3.79. The molecule has 0 heterocycles. The number of esters is 1. The number of amides is 1. The van der Waals surface area contributed by atoms with E-state index < -0.39 is 5.97 Å². The molecule has 0 aliphatic rings. The van der Waals surface area contributed by atoms with Gasteiger partial charge in [0, 0.05) is 17.0 Å². The van der Waals surface area contributed by atoms with E-state index in [4.69, 9.17) is 25.8 Å². The van der Waals surface area contributed by atoms with Crippen molar-refractivity contribution in [1.82, 2.24) is 5.32 Å². The third-order valence-electron chi connectivity index (χ3n) is 4.27. The highest BCUT2D eigenvalue weighted by Crippen LogP contribution is 2.24. The van der Waals surface area contributed by atoms with Crippen LogP contribution in [-0.4, -0.2) is 32.2 Å². The molecule has 2 aromatic rings. The second-order valence-electron chi connectivity index (χ2n) is 6.55. The number of para-hydroxylation sites is 1. The van der Waals surface area contributed by atoms with E-state index >= 15 is 0 Å². The van der Waals surface area contributed by atoms with Crippen LogP contribution in [0.3, 0.4) is 0 Å². The van der Waals surface area contributed by atoms with E-state index in [0.29, 0.717) is 23.8 Å². The number of rotatable bonds is 10. The molecule has 6 nitrogen and oxygen atoms in total. The zero-order valence-electron chi connectivity index (χ0n) is 16.9. The number of halogens is 1. The van der Waals surface area contributed by atoms with E-state index in [-0.39, 0.29) is 25.0 Å². The maximum Gasteiger partial charge on any atom is 0.306 e. The first-order chi connectivity index (χ1) is 13.9. The first-order valence-electron chi connectivity index (χ1n) is 9.37. The van der Waals surface area contributed by atoms with Crippen LogP contribution in [0.25, 0.3) is 0 Å². The van der Waals surface area contributed by atoms with Crippen LogP contribution in [0.15, 0.2) is 42.5 Å². The Balaban J connectivity index is 1.67. The highest BCUT2D eigenvalue weighted by molar-refractivity contribution is 6.30. The molecule has 156 valence electrons. The molecule has 0 fully saturated rings. The predicted molar refractivity (Wildman–Crippen MR) is 111 cm³/mol. The Labute approximate surface area is 176 Å². The standard InChI is InChI=1S/C22H26ClNO5/c1-15-13-17(23)10-11-19(15)28-12-6-9-22(26)29-14-21(25)24-16(2)18-7-4-5-8-20(18)27-3/h4-5,7-8,10-11,13,16H,6,9,12,14H2,1-3H3,(H,24,25). The van der Waals surface area contributed by atoms with Gasteiger partial charge in [-0.1, -0.05) is 29.8 Å². The Hall–Kier alpha value is -2.73. The van der Waals surface area contributed by atoms with E-state index in [9.17, 15) is 9.59 Å². The van der Waals surface area contributed by atoms with E-state index in [1.807, 2.05) is 44.2 Å². The van der Waals surface area contributed by atoms with Crippen molar-refractivity contribution in [2.24, 2.45) is 0 Å². The normalized spacial score (nSPS) is 11.4. The van der Waals surface area contributed by atoms with Gasteiger partial charge in [0.1, 0.15) is 11.5 Å². The molecule has 0 saturated heterocycles. The lowest BCUT2D eigenvalue weighted by Crippen LogP contribution is -2.31. The Morgan fingerprint density at radius 3 is 2.62 bits per heavy atom. The average Bonchev–Trinajstić information content (AvgIpc) is 2.70. The van der Waals surface area contributed by atoms with Crippen LogP contribution in [0.4, 0.5) is 0 Å². The second kappa shape index (κ2) is 11.3. The van der Waals surface area contributed by atoms with Crippen LogP contribution >= 0.6 is 11.6 Å².